The second-order valence-corrected chi connectivity index (χ2v) is 11.2. The molecule has 0 bridgehead atoms. The Morgan fingerprint density at radius 1 is 1.28 bits per heavy atom. The van der Waals surface area contributed by atoms with Crippen molar-refractivity contribution in [3.8, 4) is 10.4 Å². The normalized spacial score (nSPS) is 15.9. The minimum atomic E-state index is -3.71. The molecule has 0 spiro atoms. The number of fused-ring (bicyclic) bond motifs is 1. The minimum Gasteiger partial charge on any atom is -0.465 e. The molecule has 2 heterocycles. The maximum Gasteiger partial charge on any atom is 0.327 e. The number of benzene rings is 1. The van der Waals surface area contributed by atoms with Gasteiger partial charge >= 0.3 is 5.97 Å². The molecule has 0 fully saturated rings. The Bertz CT molecular complexity index is 1060. The molecule has 0 N–H and O–H groups in total. The molecule has 156 valence electrons. The van der Waals surface area contributed by atoms with Gasteiger partial charge in [-0.15, -0.1) is 11.3 Å². The molecular formula is C21H25NO5S2. The van der Waals surface area contributed by atoms with E-state index in [1.807, 2.05) is 18.2 Å². The summed E-state index contributed by atoms with van der Waals surface area (Å²) in [5.41, 5.74) is 2.60. The Morgan fingerprint density at radius 3 is 2.59 bits per heavy atom. The molecule has 1 aliphatic rings. The van der Waals surface area contributed by atoms with Crippen LogP contribution in [0, 0.1) is 6.92 Å². The van der Waals surface area contributed by atoms with E-state index in [1.165, 1.54) is 11.8 Å². The third-order valence-corrected chi connectivity index (χ3v) is 8.45. The summed E-state index contributed by atoms with van der Waals surface area (Å²) in [5, 5.41) is 0. The maximum absolute atomic E-state index is 12.8. The monoisotopic (exact) mass is 435 g/mol. The summed E-state index contributed by atoms with van der Waals surface area (Å²) >= 11 is 1.70. The predicted molar refractivity (Wildman–Crippen MR) is 114 cm³/mol. The van der Waals surface area contributed by atoms with Crippen LogP contribution in [0.15, 0.2) is 30.3 Å². The van der Waals surface area contributed by atoms with E-state index in [4.69, 9.17) is 4.74 Å². The summed E-state index contributed by atoms with van der Waals surface area (Å²) in [6.07, 6.45) is 1.02. The first-order valence-corrected chi connectivity index (χ1v) is 12.1. The van der Waals surface area contributed by atoms with Crippen molar-refractivity contribution in [3.05, 3.63) is 46.3 Å². The average Bonchev–Trinajstić information content (AvgIpc) is 3.22. The number of sulfone groups is 1. The first-order valence-electron chi connectivity index (χ1n) is 9.42. The number of esters is 1. The van der Waals surface area contributed by atoms with E-state index in [2.05, 4.69) is 19.1 Å². The predicted octanol–water partition coefficient (Wildman–Crippen LogP) is 3.44. The lowest BCUT2D eigenvalue weighted by Crippen LogP contribution is -2.47. The van der Waals surface area contributed by atoms with Gasteiger partial charge in [0.25, 0.3) is 5.91 Å². The third kappa shape index (κ3) is 4.09. The lowest BCUT2D eigenvalue weighted by Gasteiger charge is -2.27. The van der Waals surface area contributed by atoms with Crippen LogP contribution in [-0.2, 0) is 25.9 Å². The van der Waals surface area contributed by atoms with Gasteiger partial charge in [0.1, 0.15) is 0 Å². The summed E-state index contributed by atoms with van der Waals surface area (Å²) in [7, 11) is -3.71. The van der Waals surface area contributed by atoms with Crippen molar-refractivity contribution in [2.75, 3.05) is 19.4 Å². The number of ether oxygens (including phenoxy) is 1. The number of thiophene rings is 1. The fourth-order valence-electron chi connectivity index (χ4n) is 3.38. The van der Waals surface area contributed by atoms with Crippen LogP contribution in [-0.4, -0.2) is 49.3 Å². The maximum atomic E-state index is 12.8. The Balaban J connectivity index is 1.78. The van der Waals surface area contributed by atoms with E-state index < -0.39 is 20.6 Å². The van der Waals surface area contributed by atoms with Crippen LogP contribution >= 0.6 is 11.3 Å². The molecule has 1 aliphatic heterocycles. The van der Waals surface area contributed by atoms with Gasteiger partial charge in [-0.3, -0.25) is 9.59 Å². The number of nitrogens with zero attached hydrogens (tertiary/aromatic N) is 1. The Kier molecular flexibility index (Phi) is 5.87. The van der Waals surface area contributed by atoms with Crippen molar-refractivity contribution in [3.63, 3.8) is 0 Å². The van der Waals surface area contributed by atoms with E-state index in [9.17, 15) is 18.0 Å². The van der Waals surface area contributed by atoms with Gasteiger partial charge in [0.15, 0.2) is 14.6 Å². The van der Waals surface area contributed by atoms with Crippen molar-refractivity contribution >= 4 is 33.1 Å². The zero-order chi connectivity index (χ0) is 21.4. The van der Waals surface area contributed by atoms with Crippen LogP contribution in [0.2, 0.25) is 0 Å². The molecule has 8 heteroatoms. The standard InChI is InChI=1S/C21H25NO5S2/c1-5-27-20(24)21(3,29(4,25)26)10-11-22-13-16-12-15(7-8-17(16)19(22)23)18-9-6-14(2)28-18/h6-9,12H,5,10-11,13H2,1-4H3/t21-/m1/s1. The largest absolute Gasteiger partial charge is 0.465 e. The molecule has 2 aromatic rings. The number of hydrogen-bond donors (Lipinski definition) is 0. The Morgan fingerprint density at radius 2 is 2.00 bits per heavy atom. The quantitative estimate of drug-likeness (QED) is 0.623. The second-order valence-electron chi connectivity index (χ2n) is 7.48. The lowest BCUT2D eigenvalue weighted by atomic mass is 10.1. The summed E-state index contributed by atoms with van der Waals surface area (Å²) in [5.74, 6) is -0.921. The van der Waals surface area contributed by atoms with Crippen LogP contribution in [0.1, 0.15) is 41.1 Å². The first kappa shape index (κ1) is 21.5. The molecule has 6 nitrogen and oxygen atoms in total. The van der Waals surface area contributed by atoms with E-state index in [0.29, 0.717) is 12.1 Å². The van der Waals surface area contributed by atoms with Crippen molar-refractivity contribution in [1.82, 2.24) is 4.90 Å². The van der Waals surface area contributed by atoms with Crippen LogP contribution < -0.4 is 0 Å². The van der Waals surface area contributed by atoms with Gasteiger partial charge in [0.05, 0.1) is 6.61 Å². The number of carbonyl (C=O) groups is 2. The van der Waals surface area contributed by atoms with Gasteiger partial charge in [0.2, 0.25) is 0 Å². The van der Waals surface area contributed by atoms with Crippen LogP contribution in [0.4, 0.5) is 0 Å². The summed E-state index contributed by atoms with van der Waals surface area (Å²) in [6.45, 7) is 5.70. The molecular weight excluding hydrogens is 410 g/mol. The van der Waals surface area contributed by atoms with Crippen LogP contribution in [0.5, 0.6) is 0 Å². The van der Waals surface area contributed by atoms with Gasteiger partial charge in [-0.25, -0.2) is 8.42 Å². The van der Waals surface area contributed by atoms with E-state index in [1.54, 1.807) is 23.2 Å². The minimum absolute atomic E-state index is 0.0125. The highest BCUT2D eigenvalue weighted by atomic mass is 32.2. The SMILES string of the molecule is CCOC(=O)[C@@](C)(CCN1Cc2cc(-c3ccc(C)s3)ccc2C1=O)S(C)(=O)=O. The fourth-order valence-corrected chi connectivity index (χ4v) is 5.06. The molecule has 1 aromatic carbocycles. The molecule has 0 aliphatic carbocycles. The van der Waals surface area contributed by atoms with Crippen molar-refractivity contribution in [2.45, 2.75) is 38.5 Å². The van der Waals surface area contributed by atoms with E-state index in [-0.39, 0.29) is 25.5 Å². The molecule has 1 atom stereocenters. The molecule has 0 saturated carbocycles. The Hall–Kier alpha value is -2.19. The van der Waals surface area contributed by atoms with Gasteiger partial charge in [-0.1, -0.05) is 6.07 Å². The number of hydrogen-bond acceptors (Lipinski definition) is 6. The van der Waals surface area contributed by atoms with Crippen molar-refractivity contribution < 1.29 is 22.7 Å². The van der Waals surface area contributed by atoms with E-state index >= 15 is 0 Å². The van der Waals surface area contributed by atoms with Gasteiger partial charge in [-0.2, -0.15) is 0 Å². The second kappa shape index (κ2) is 7.91. The highest BCUT2D eigenvalue weighted by Crippen LogP contribution is 2.33. The van der Waals surface area contributed by atoms with Crippen molar-refractivity contribution in [1.29, 1.82) is 0 Å². The highest BCUT2D eigenvalue weighted by molar-refractivity contribution is 7.92. The van der Waals surface area contributed by atoms with Crippen LogP contribution in [0.3, 0.4) is 0 Å². The summed E-state index contributed by atoms with van der Waals surface area (Å²) in [4.78, 5) is 29.0. The van der Waals surface area contributed by atoms with Gasteiger partial charge in [0, 0.05) is 34.7 Å². The summed E-state index contributed by atoms with van der Waals surface area (Å²) in [6, 6.07) is 9.90. The fraction of sp³-hybridized carbons (Fsp3) is 0.429. The van der Waals surface area contributed by atoms with Gasteiger partial charge < -0.3 is 9.64 Å². The third-order valence-electron chi connectivity index (χ3n) is 5.39. The van der Waals surface area contributed by atoms with Crippen molar-refractivity contribution in [2.24, 2.45) is 0 Å². The molecule has 0 radical (unpaired) electrons. The number of rotatable bonds is 7. The van der Waals surface area contributed by atoms with Gasteiger partial charge in [-0.05, 0) is 62.6 Å². The molecule has 0 unspecified atom stereocenters. The van der Waals surface area contributed by atoms with E-state index in [0.717, 1.165) is 22.3 Å². The smallest absolute Gasteiger partial charge is 0.327 e. The number of carbonyl (C=O) groups excluding carboxylic acids is 2. The first-order chi connectivity index (χ1) is 13.6. The zero-order valence-electron chi connectivity index (χ0n) is 17.0. The number of aryl methyl sites for hydroxylation is 1. The molecule has 3 rings (SSSR count). The highest BCUT2D eigenvalue weighted by Gasteiger charge is 2.45. The topological polar surface area (TPSA) is 80.8 Å². The average molecular weight is 436 g/mol. The summed E-state index contributed by atoms with van der Waals surface area (Å²) < 4.78 is 27.8. The Labute approximate surface area is 175 Å². The molecule has 29 heavy (non-hydrogen) atoms. The molecule has 1 amide bonds. The molecule has 0 saturated heterocycles. The lowest BCUT2D eigenvalue weighted by molar-refractivity contribution is -0.146. The van der Waals surface area contributed by atoms with Crippen LogP contribution in [0.25, 0.3) is 10.4 Å². The molecule has 1 aromatic heterocycles. The number of amides is 1. The zero-order valence-corrected chi connectivity index (χ0v) is 18.7.